The summed E-state index contributed by atoms with van der Waals surface area (Å²) in [6.07, 6.45) is 2.57. The van der Waals surface area contributed by atoms with Crippen LogP contribution in [0.3, 0.4) is 0 Å². The zero-order valence-electron chi connectivity index (χ0n) is 19.5. The van der Waals surface area contributed by atoms with E-state index < -0.39 is 29.4 Å². The number of nitrogens with one attached hydrogen (secondary N) is 1. The van der Waals surface area contributed by atoms with Crippen LogP contribution in [0.5, 0.6) is 0 Å². The molecule has 2 atom stereocenters. The van der Waals surface area contributed by atoms with Crippen LogP contribution in [0.4, 0.5) is 0 Å². The van der Waals surface area contributed by atoms with Crippen LogP contribution in [-0.4, -0.2) is 55.7 Å². The summed E-state index contributed by atoms with van der Waals surface area (Å²) in [7, 11) is 0. The van der Waals surface area contributed by atoms with E-state index in [9.17, 15) is 19.5 Å². The lowest BCUT2D eigenvalue weighted by molar-refractivity contribution is -0.155. The smallest absolute Gasteiger partial charge is 0.359 e. The van der Waals surface area contributed by atoms with Crippen molar-refractivity contribution in [3.63, 3.8) is 0 Å². The Bertz CT molecular complexity index is 1280. The van der Waals surface area contributed by atoms with E-state index in [0.29, 0.717) is 0 Å². The molecule has 2 aliphatic heterocycles. The molecule has 0 radical (unpaired) electrons. The number of hydrogen-bond acceptors (Lipinski definition) is 8. The van der Waals surface area contributed by atoms with Gasteiger partial charge in [-0.25, -0.2) is 4.79 Å². The van der Waals surface area contributed by atoms with Gasteiger partial charge in [-0.05, 0) is 23.3 Å². The minimum Gasteiger partial charge on any atom is -0.509 e. The summed E-state index contributed by atoms with van der Waals surface area (Å²) in [5.41, 5.74) is 1.34. The van der Waals surface area contributed by atoms with E-state index in [4.69, 9.17) is 4.74 Å². The molecule has 10 heteroatoms. The summed E-state index contributed by atoms with van der Waals surface area (Å²) in [6, 6.07) is 21.4. The zero-order valence-corrected chi connectivity index (χ0v) is 21.2. The Balaban J connectivity index is 1.28. The van der Waals surface area contributed by atoms with E-state index in [0.717, 1.165) is 16.0 Å². The second-order valence-electron chi connectivity index (χ2n) is 8.33. The molecule has 2 aliphatic rings. The van der Waals surface area contributed by atoms with Gasteiger partial charge in [0.1, 0.15) is 17.2 Å². The highest BCUT2D eigenvalue weighted by Gasteiger charge is 2.55. The van der Waals surface area contributed by atoms with Crippen molar-refractivity contribution >= 4 is 41.3 Å². The monoisotopic (exact) mass is 533 g/mol. The first-order valence-corrected chi connectivity index (χ1v) is 13.6. The maximum absolute atomic E-state index is 13.4. The van der Waals surface area contributed by atoms with Gasteiger partial charge < -0.3 is 15.2 Å². The van der Waals surface area contributed by atoms with Crippen LogP contribution in [0.25, 0.3) is 0 Å². The van der Waals surface area contributed by atoms with Gasteiger partial charge in [-0.15, -0.1) is 23.5 Å². The van der Waals surface area contributed by atoms with Crippen molar-refractivity contribution in [2.45, 2.75) is 22.4 Å². The molecule has 0 bridgehead atoms. The molecule has 5 rings (SSSR count). The number of β-lactam (4-membered cyclic amide) rings is 1. The summed E-state index contributed by atoms with van der Waals surface area (Å²) in [5.74, 6) is -1.52. The van der Waals surface area contributed by atoms with Crippen molar-refractivity contribution in [1.82, 2.24) is 15.2 Å². The summed E-state index contributed by atoms with van der Waals surface area (Å²) in [5, 5.41) is 12.8. The third-order valence-electron chi connectivity index (χ3n) is 5.91. The third kappa shape index (κ3) is 5.35. The molecule has 2 N–H and O–H groups in total. The summed E-state index contributed by atoms with van der Waals surface area (Å²) in [4.78, 5) is 44.9. The Hall–Kier alpha value is -3.76. The van der Waals surface area contributed by atoms with Gasteiger partial charge in [0, 0.05) is 17.3 Å². The number of hydrogen-bond donors (Lipinski definition) is 2. The highest BCUT2D eigenvalue weighted by atomic mass is 32.2. The minimum absolute atomic E-state index is 0.123. The topological polar surface area (TPSA) is 109 Å². The molecule has 3 heterocycles. The first-order valence-electron chi connectivity index (χ1n) is 11.5. The number of ether oxygens (including phenoxy) is 1. The third-order valence-corrected chi connectivity index (χ3v) is 8.18. The number of aliphatic hydroxyl groups excluding tert-OH is 1. The van der Waals surface area contributed by atoms with Crippen molar-refractivity contribution in [2.75, 3.05) is 11.5 Å². The van der Waals surface area contributed by atoms with Gasteiger partial charge in [0.25, 0.3) is 5.91 Å². The Kier molecular flexibility index (Phi) is 7.47. The number of amides is 2. The van der Waals surface area contributed by atoms with E-state index in [-0.39, 0.29) is 28.9 Å². The average Bonchev–Trinajstić information content (AvgIpc) is 2.94. The van der Waals surface area contributed by atoms with E-state index in [1.165, 1.54) is 28.4 Å². The molecule has 1 fully saturated rings. The van der Waals surface area contributed by atoms with Gasteiger partial charge in [0.05, 0.1) is 11.5 Å². The second-order valence-corrected chi connectivity index (χ2v) is 10.5. The van der Waals surface area contributed by atoms with Crippen molar-refractivity contribution in [1.29, 1.82) is 0 Å². The molecule has 1 aromatic heterocycles. The van der Waals surface area contributed by atoms with Crippen LogP contribution in [-0.2, 0) is 19.1 Å². The van der Waals surface area contributed by atoms with E-state index in [1.807, 2.05) is 60.7 Å². The first kappa shape index (κ1) is 24.9. The fourth-order valence-electron chi connectivity index (χ4n) is 4.14. The van der Waals surface area contributed by atoms with Crippen LogP contribution in [0.15, 0.2) is 102 Å². The first-order chi connectivity index (χ1) is 18.0. The number of esters is 1. The number of carbonyl (C=O) groups is 3. The van der Waals surface area contributed by atoms with Crippen molar-refractivity contribution in [2.24, 2.45) is 0 Å². The molecule has 0 saturated carbocycles. The Morgan fingerprint density at radius 1 is 1.05 bits per heavy atom. The lowest BCUT2D eigenvalue weighted by atomic mass is 10.0. The van der Waals surface area contributed by atoms with E-state index in [2.05, 4.69) is 10.3 Å². The van der Waals surface area contributed by atoms with Crippen molar-refractivity contribution < 1.29 is 24.2 Å². The quantitative estimate of drug-likeness (QED) is 0.257. The molecule has 37 heavy (non-hydrogen) atoms. The Labute approximate surface area is 222 Å². The lowest BCUT2D eigenvalue weighted by Crippen LogP contribution is -2.70. The number of thioether (sulfide) groups is 2. The molecule has 0 unspecified atom stereocenters. The van der Waals surface area contributed by atoms with Gasteiger partial charge in [-0.2, -0.15) is 0 Å². The van der Waals surface area contributed by atoms with E-state index in [1.54, 1.807) is 24.5 Å². The molecular weight excluding hydrogens is 510 g/mol. The lowest BCUT2D eigenvalue weighted by Gasteiger charge is -2.48. The fourth-order valence-corrected chi connectivity index (χ4v) is 6.03. The SMILES string of the molecule is O=C(CSc1ccncc1)N[C@@H]1C(=O)N2C(C(=O)OC(c3ccccc3)c3ccccc3)=C(O)CS[C@H]12. The van der Waals surface area contributed by atoms with Gasteiger partial charge in [-0.1, -0.05) is 60.7 Å². The molecule has 8 nitrogen and oxygen atoms in total. The highest BCUT2D eigenvalue weighted by Crippen LogP contribution is 2.41. The predicted molar refractivity (Wildman–Crippen MR) is 140 cm³/mol. The molecular formula is C27H23N3O5S2. The standard InChI is InChI=1S/C27H23N3O5S2/c31-20-15-37-26-22(29-21(32)16-36-19-11-13-28-14-12-19)25(33)30(26)23(20)27(34)35-24(17-7-3-1-4-8-17)18-9-5-2-6-10-18/h1-14,22,24,26,31H,15-16H2,(H,29,32)/t22-,26-/m1/s1. The van der Waals surface area contributed by atoms with Gasteiger partial charge >= 0.3 is 5.97 Å². The molecule has 2 amide bonds. The van der Waals surface area contributed by atoms with Gasteiger partial charge in [0.2, 0.25) is 5.91 Å². The van der Waals surface area contributed by atoms with Gasteiger partial charge in [-0.3, -0.25) is 19.5 Å². The van der Waals surface area contributed by atoms with Crippen LogP contribution in [0.1, 0.15) is 17.2 Å². The molecule has 188 valence electrons. The number of aromatic nitrogens is 1. The van der Waals surface area contributed by atoms with Crippen LogP contribution >= 0.6 is 23.5 Å². The number of nitrogens with zero attached hydrogens (tertiary/aromatic N) is 2. The highest BCUT2D eigenvalue weighted by molar-refractivity contribution is 8.00. The Morgan fingerprint density at radius 3 is 2.30 bits per heavy atom. The van der Waals surface area contributed by atoms with Crippen LogP contribution in [0.2, 0.25) is 0 Å². The number of rotatable bonds is 8. The Morgan fingerprint density at radius 2 is 1.68 bits per heavy atom. The molecule has 3 aromatic rings. The maximum atomic E-state index is 13.4. The summed E-state index contributed by atoms with van der Waals surface area (Å²) >= 11 is 2.62. The number of benzene rings is 2. The molecule has 0 spiro atoms. The molecule has 0 aliphatic carbocycles. The van der Waals surface area contributed by atoms with E-state index >= 15 is 0 Å². The average molecular weight is 534 g/mol. The van der Waals surface area contributed by atoms with Crippen molar-refractivity contribution in [3.8, 4) is 0 Å². The normalized spacial score (nSPS) is 18.7. The minimum atomic E-state index is -0.799. The number of fused-ring (bicyclic) bond motifs is 1. The summed E-state index contributed by atoms with van der Waals surface area (Å²) in [6.45, 7) is 0. The van der Waals surface area contributed by atoms with Crippen molar-refractivity contribution in [3.05, 3.63) is 108 Å². The number of aliphatic hydroxyl groups is 1. The zero-order chi connectivity index (χ0) is 25.8. The number of carbonyl (C=O) groups excluding carboxylic acids is 3. The molecule has 1 saturated heterocycles. The van der Waals surface area contributed by atoms with Crippen LogP contribution < -0.4 is 5.32 Å². The predicted octanol–water partition coefficient (Wildman–Crippen LogP) is 3.68. The maximum Gasteiger partial charge on any atom is 0.359 e. The van der Waals surface area contributed by atoms with Gasteiger partial charge in [0.15, 0.2) is 11.8 Å². The largest absolute Gasteiger partial charge is 0.509 e. The molecule has 2 aromatic carbocycles. The fraction of sp³-hybridized carbons (Fsp3) is 0.185. The second kappa shape index (κ2) is 11.1. The van der Waals surface area contributed by atoms with Crippen LogP contribution in [0, 0.1) is 0 Å². The number of pyridine rings is 1. The summed E-state index contributed by atoms with van der Waals surface area (Å²) < 4.78 is 5.88.